The lowest BCUT2D eigenvalue weighted by molar-refractivity contribution is 0.0474. The summed E-state index contributed by atoms with van der Waals surface area (Å²) in [6.07, 6.45) is 0. The molecule has 0 amide bonds. The van der Waals surface area contributed by atoms with Gasteiger partial charge in [-0.1, -0.05) is 42.5 Å². The highest BCUT2D eigenvalue weighted by molar-refractivity contribution is 6.60. The molecule has 0 aliphatic rings. The van der Waals surface area contributed by atoms with Crippen LogP contribution in [0.4, 0.5) is 5.69 Å². The number of nitrogens with two attached hydrogens (primary N) is 1. The van der Waals surface area contributed by atoms with Crippen molar-refractivity contribution >= 4 is 24.2 Å². The van der Waals surface area contributed by atoms with Crippen LogP contribution in [0.1, 0.15) is 15.9 Å². The van der Waals surface area contributed by atoms with Gasteiger partial charge < -0.3 is 20.5 Å². The van der Waals surface area contributed by atoms with E-state index in [-0.39, 0.29) is 23.3 Å². The van der Waals surface area contributed by atoms with E-state index in [0.717, 1.165) is 5.56 Å². The Morgan fingerprint density at radius 3 is 2.45 bits per heavy atom. The number of benzene rings is 2. The summed E-state index contributed by atoms with van der Waals surface area (Å²) >= 11 is 0. The van der Waals surface area contributed by atoms with Crippen LogP contribution in [0.2, 0.25) is 0 Å². The van der Waals surface area contributed by atoms with E-state index < -0.39 is 13.1 Å². The standard InChI is InChI=1S/C14H14BNO4/c16-13-11(7-4-8-12(13)15(18)19)14(17)20-9-10-5-2-1-3-6-10/h1-8,18-19H,9,16H2. The van der Waals surface area contributed by atoms with Crippen LogP contribution in [0.3, 0.4) is 0 Å². The lowest BCUT2D eigenvalue weighted by Crippen LogP contribution is -2.33. The van der Waals surface area contributed by atoms with Crippen LogP contribution in [-0.2, 0) is 11.3 Å². The Hall–Kier alpha value is -2.31. The number of anilines is 1. The SMILES string of the molecule is Nc1c(B(O)O)cccc1C(=O)OCc1ccccc1. The second-order valence-corrected chi connectivity index (χ2v) is 4.24. The highest BCUT2D eigenvalue weighted by Gasteiger charge is 2.20. The maximum absolute atomic E-state index is 11.9. The third-order valence-electron chi connectivity index (χ3n) is 2.85. The minimum absolute atomic E-state index is 0.0144. The predicted octanol–water partition coefficient (Wildman–Crippen LogP) is 0.306. The van der Waals surface area contributed by atoms with Gasteiger partial charge in [0.1, 0.15) is 6.61 Å². The fourth-order valence-corrected chi connectivity index (χ4v) is 1.79. The van der Waals surface area contributed by atoms with Gasteiger partial charge in [0.05, 0.1) is 5.56 Å². The Bertz CT molecular complexity index is 601. The van der Waals surface area contributed by atoms with Gasteiger partial charge in [0.2, 0.25) is 0 Å². The zero-order chi connectivity index (χ0) is 14.5. The van der Waals surface area contributed by atoms with Gasteiger partial charge in [0.25, 0.3) is 0 Å². The van der Waals surface area contributed by atoms with Crippen molar-refractivity contribution in [2.75, 3.05) is 5.73 Å². The molecule has 0 aliphatic heterocycles. The molecular weight excluding hydrogens is 257 g/mol. The van der Waals surface area contributed by atoms with Gasteiger partial charge >= 0.3 is 13.1 Å². The molecule has 0 unspecified atom stereocenters. The Morgan fingerprint density at radius 2 is 1.80 bits per heavy atom. The van der Waals surface area contributed by atoms with Gasteiger partial charge in [-0.3, -0.25) is 0 Å². The van der Waals surface area contributed by atoms with Crippen molar-refractivity contribution in [2.45, 2.75) is 6.61 Å². The first-order valence-electron chi connectivity index (χ1n) is 6.05. The first kappa shape index (κ1) is 14.1. The van der Waals surface area contributed by atoms with E-state index >= 15 is 0 Å². The second-order valence-electron chi connectivity index (χ2n) is 4.24. The molecule has 2 rings (SSSR count). The maximum atomic E-state index is 11.9. The van der Waals surface area contributed by atoms with Gasteiger partial charge in [0.15, 0.2) is 0 Å². The number of hydrogen-bond donors (Lipinski definition) is 3. The minimum atomic E-state index is -1.73. The Balaban J connectivity index is 2.12. The molecule has 0 radical (unpaired) electrons. The molecule has 0 aliphatic carbocycles. The van der Waals surface area contributed by atoms with Crippen LogP contribution in [0.15, 0.2) is 48.5 Å². The second kappa shape index (κ2) is 6.23. The number of hydrogen-bond acceptors (Lipinski definition) is 5. The molecule has 2 aromatic carbocycles. The van der Waals surface area contributed by atoms with Crippen LogP contribution in [0.25, 0.3) is 0 Å². The molecular formula is C14H14BNO4. The predicted molar refractivity (Wildman–Crippen MR) is 76.2 cm³/mol. The van der Waals surface area contributed by atoms with E-state index in [2.05, 4.69) is 0 Å². The van der Waals surface area contributed by atoms with E-state index in [0.29, 0.717) is 0 Å². The molecule has 4 N–H and O–H groups in total. The van der Waals surface area contributed by atoms with E-state index in [4.69, 9.17) is 20.5 Å². The fraction of sp³-hybridized carbons (Fsp3) is 0.0714. The summed E-state index contributed by atoms with van der Waals surface area (Å²) in [4.78, 5) is 11.9. The van der Waals surface area contributed by atoms with E-state index in [1.807, 2.05) is 30.3 Å². The van der Waals surface area contributed by atoms with Crippen molar-refractivity contribution in [3.8, 4) is 0 Å². The molecule has 0 spiro atoms. The monoisotopic (exact) mass is 271 g/mol. The van der Waals surface area contributed by atoms with Crippen molar-refractivity contribution < 1.29 is 19.6 Å². The fourth-order valence-electron chi connectivity index (χ4n) is 1.79. The number of ether oxygens (including phenoxy) is 1. The van der Waals surface area contributed by atoms with Crippen LogP contribution >= 0.6 is 0 Å². The molecule has 0 saturated heterocycles. The highest BCUT2D eigenvalue weighted by Crippen LogP contribution is 2.12. The Morgan fingerprint density at radius 1 is 1.10 bits per heavy atom. The van der Waals surface area contributed by atoms with Gasteiger partial charge in [-0.05, 0) is 11.6 Å². The topological polar surface area (TPSA) is 92.8 Å². The summed E-state index contributed by atoms with van der Waals surface area (Å²) in [6.45, 7) is 0.130. The first-order valence-corrected chi connectivity index (χ1v) is 6.05. The van der Waals surface area contributed by atoms with Crippen molar-refractivity contribution in [1.82, 2.24) is 0 Å². The van der Waals surface area contributed by atoms with Crippen LogP contribution in [0.5, 0.6) is 0 Å². The largest absolute Gasteiger partial charge is 0.490 e. The zero-order valence-corrected chi connectivity index (χ0v) is 10.7. The first-order chi connectivity index (χ1) is 9.59. The minimum Gasteiger partial charge on any atom is -0.457 e. The zero-order valence-electron chi connectivity index (χ0n) is 10.7. The summed E-state index contributed by atoms with van der Waals surface area (Å²) in [5, 5.41) is 18.3. The number of nitrogen functional groups attached to an aromatic ring is 1. The smallest absolute Gasteiger partial charge is 0.457 e. The van der Waals surface area contributed by atoms with Crippen molar-refractivity contribution in [1.29, 1.82) is 0 Å². The Labute approximate surface area is 116 Å². The quantitative estimate of drug-likeness (QED) is 0.422. The van der Waals surface area contributed by atoms with Gasteiger partial charge in [-0.2, -0.15) is 0 Å². The number of carbonyl (C=O) groups is 1. The highest BCUT2D eigenvalue weighted by atomic mass is 16.5. The summed E-state index contributed by atoms with van der Waals surface area (Å²) in [7, 11) is -1.73. The normalized spacial score (nSPS) is 10.1. The van der Waals surface area contributed by atoms with Crippen molar-refractivity contribution in [3.05, 3.63) is 59.7 Å². The van der Waals surface area contributed by atoms with E-state index in [1.165, 1.54) is 18.2 Å². The third-order valence-corrected chi connectivity index (χ3v) is 2.85. The molecule has 2 aromatic rings. The van der Waals surface area contributed by atoms with Crippen molar-refractivity contribution in [2.24, 2.45) is 0 Å². The molecule has 0 heterocycles. The molecule has 0 aromatic heterocycles. The lowest BCUT2D eigenvalue weighted by atomic mass is 9.78. The van der Waals surface area contributed by atoms with Gasteiger partial charge in [0, 0.05) is 11.2 Å². The summed E-state index contributed by atoms with van der Waals surface area (Å²) < 4.78 is 5.15. The Kier molecular flexibility index (Phi) is 4.39. The molecule has 0 bridgehead atoms. The molecule has 0 atom stereocenters. The maximum Gasteiger partial charge on any atom is 0.490 e. The van der Waals surface area contributed by atoms with E-state index in [9.17, 15) is 4.79 Å². The number of esters is 1. The van der Waals surface area contributed by atoms with E-state index in [1.54, 1.807) is 0 Å². The number of para-hydroxylation sites is 1. The van der Waals surface area contributed by atoms with Gasteiger partial charge in [-0.25, -0.2) is 4.79 Å². The molecule has 6 heteroatoms. The van der Waals surface area contributed by atoms with Gasteiger partial charge in [-0.15, -0.1) is 0 Å². The molecule has 20 heavy (non-hydrogen) atoms. The molecule has 5 nitrogen and oxygen atoms in total. The van der Waals surface area contributed by atoms with Crippen LogP contribution in [-0.4, -0.2) is 23.1 Å². The molecule has 0 fully saturated rings. The number of carbonyl (C=O) groups excluding carboxylic acids is 1. The van der Waals surface area contributed by atoms with Crippen LogP contribution < -0.4 is 11.2 Å². The van der Waals surface area contributed by atoms with Crippen LogP contribution in [0, 0.1) is 0 Å². The third kappa shape index (κ3) is 3.17. The summed E-state index contributed by atoms with van der Waals surface area (Å²) in [5.74, 6) is -0.603. The lowest BCUT2D eigenvalue weighted by Gasteiger charge is -2.10. The average molecular weight is 271 g/mol. The summed E-state index contributed by atoms with van der Waals surface area (Å²) in [5.41, 5.74) is 6.81. The summed E-state index contributed by atoms with van der Waals surface area (Å²) in [6, 6.07) is 13.7. The average Bonchev–Trinajstić information content (AvgIpc) is 2.46. The molecule has 0 saturated carbocycles. The number of rotatable bonds is 4. The van der Waals surface area contributed by atoms with Crippen molar-refractivity contribution in [3.63, 3.8) is 0 Å². The molecule has 102 valence electrons.